The predicted octanol–water partition coefficient (Wildman–Crippen LogP) is 2.33. The summed E-state index contributed by atoms with van der Waals surface area (Å²) in [7, 11) is 0. The van der Waals surface area contributed by atoms with Crippen molar-refractivity contribution in [1.82, 2.24) is 9.80 Å². The van der Waals surface area contributed by atoms with Crippen LogP contribution in [0.15, 0.2) is 0 Å². The molecule has 3 rings (SSSR count). The molecular weight excluding hydrogens is 360 g/mol. The van der Waals surface area contributed by atoms with Crippen molar-refractivity contribution in [2.24, 2.45) is 11.8 Å². The Morgan fingerprint density at radius 3 is 2.29 bits per heavy atom. The summed E-state index contributed by atoms with van der Waals surface area (Å²) in [5, 5.41) is 0. The molecule has 0 N–H and O–H groups in total. The lowest BCUT2D eigenvalue weighted by molar-refractivity contribution is -0.163. The quantitative estimate of drug-likeness (QED) is 0.684. The van der Waals surface area contributed by atoms with Gasteiger partial charge < -0.3 is 14.4 Å². The highest BCUT2D eigenvalue weighted by Crippen LogP contribution is 2.43. The number of carbonyl (C=O) groups excluding carboxylic acids is 3. The van der Waals surface area contributed by atoms with Crippen molar-refractivity contribution in [2.75, 3.05) is 26.3 Å². The molecule has 1 aliphatic carbocycles. The van der Waals surface area contributed by atoms with Crippen LogP contribution >= 0.6 is 0 Å². The van der Waals surface area contributed by atoms with Gasteiger partial charge in [-0.1, -0.05) is 13.8 Å². The van der Waals surface area contributed by atoms with Crippen LogP contribution in [0.2, 0.25) is 0 Å². The Bertz CT molecular complexity index is 592. The zero-order valence-electron chi connectivity index (χ0n) is 17.4. The van der Waals surface area contributed by atoms with Crippen molar-refractivity contribution < 1.29 is 23.9 Å². The molecule has 0 aromatic carbocycles. The number of rotatable bonds is 4. The van der Waals surface area contributed by atoms with Gasteiger partial charge in [0.2, 0.25) is 11.8 Å². The first-order valence-electron chi connectivity index (χ1n) is 10.8. The third-order valence-electron chi connectivity index (χ3n) is 6.60. The molecule has 158 valence electrons. The van der Waals surface area contributed by atoms with E-state index in [1.54, 1.807) is 16.7 Å². The minimum atomic E-state index is -0.608. The molecule has 2 heterocycles. The summed E-state index contributed by atoms with van der Waals surface area (Å²) in [6.45, 7) is 7.57. The number of hydrogen-bond donors (Lipinski definition) is 0. The molecule has 0 unspecified atom stereocenters. The summed E-state index contributed by atoms with van der Waals surface area (Å²) in [6, 6.07) is -0.542. The summed E-state index contributed by atoms with van der Waals surface area (Å²) in [5.41, 5.74) is -0.608. The van der Waals surface area contributed by atoms with Gasteiger partial charge in [0.05, 0.1) is 19.1 Å². The average Bonchev–Trinajstić information content (AvgIpc) is 3.08. The van der Waals surface area contributed by atoms with Gasteiger partial charge in [0.25, 0.3) is 0 Å². The van der Waals surface area contributed by atoms with Crippen LogP contribution in [0.4, 0.5) is 0 Å². The average molecular weight is 395 g/mol. The van der Waals surface area contributed by atoms with E-state index in [4.69, 9.17) is 9.47 Å². The summed E-state index contributed by atoms with van der Waals surface area (Å²) in [4.78, 5) is 41.6. The van der Waals surface area contributed by atoms with Gasteiger partial charge in [0.1, 0.15) is 11.8 Å². The molecule has 0 aromatic rings. The van der Waals surface area contributed by atoms with Gasteiger partial charge in [0.15, 0.2) is 0 Å². The minimum Gasteiger partial charge on any atom is -0.466 e. The van der Waals surface area contributed by atoms with E-state index in [0.29, 0.717) is 44.9 Å². The van der Waals surface area contributed by atoms with Crippen molar-refractivity contribution in [2.45, 2.75) is 77.5 Å². The van der Waals surface area contributed by atoms with Crippen LogP contribution in [0.25, 0.3) is 0 Å². The third kappa shape index (κ3) is 4.04. The highest BCUT2D eigenvalue weighted by atomic mass is 16.5. The standard InChI is InChI=1S/C21H34N2O5/c1-4-18(24)23-17(14-28-21(23)10-6-15(3)7-11-21)19(25)22-12-8-16(9-13-22)20(26)27-5-2/h15-17H,4-14H2,1-3H3/t15?,17-,21?/m1/s1. The summed E-state index contributed by atoms with van der Waals surface area (Å²) in [6.07, 6.45) is 5.22. The van der Waals surface area contributed by atoms with E-state index in [2.05, 4.69) is 6.92 Å². The van der Waals surface area contributed by atoms with E-state index in [-0.39, 0.29) is 30.3 Å². The first kappa shape index (κ1) is 21.1. The minimum absolute atomic E-state index is 0.00758. The topological polar surface area (TPSA) is 76.2 Å². The van der Waals surface area contributed by atoms with E-state index < -0.39 is 11.8 Å². The SMILES string of the molecule is CCOC(=O)C1CCN(C(=O)[C@H]2COC3(CCC(C)CC3)N2C(=O)CC)CC1. The third-order valence-corrected chi connectivity index (χ3v) is 6.60. The van der Waals surface area contributed by atoms with E-state index in [9.17, 15) is 14.4 Å². The van der Waals surface area contributed by atoms with Crippen LogP contribution in [-0.2, 0) is 23.9 Å². The van der Waals surface area contributed by atoms with E-state index in [1.165, 1.54) is 0 Å². The summed E-state index contributed by atoms with van der Waals surface area (Å²) in [5.74, 6) is 0.274. The first-order chi connectivity index (χ1) is 13.4. The van der Waals surface area contributed by atoms with Crippen molar-refractivity contribution in [3.8, 4) is 0 Å². The number of likely N-dealkylation sites (tertiary alicyclic amines) is 1. The molecule has 7 heteroatoms. The maximum atomic E-state index is 13.3. The van der Waals surface area contributed by atoms with Crippen LogP contribution in [0.1, 0.15) is 65.7 Å². The maximum absolute atomic E-state index is 13.3. The van der Waals surface area contributed by atoms with Crippen molar-refractivity contribution in [3.63, 3.8) is 0 Å². The number of ether oxygens (including phenoxy) is 2. The monoisotopic (exact) mass is 394 g/mol. The zero-order valence-corrected chi connectivity index (χ0v) is 17.4. The molecule has 2 saturated heterocycles. The Hall–Kier alpha value is -1.63. The van der Waals surface area contributed by atoms with E-state index in [1.807, 2.05) is 6.92 Å². The van der Waals surface area contributed by atoms with Crippen LogP contribution < -0.4 is 0 Å². The second-order valence-corrected chi connectivity index (χ2v) is 8.42. The van der Waals surface area contributed by atoms with Gasteiger partial charge in [-0.3, -0.25) is 19.3 Å². The highest BCUT2D eigenvalue weighted by Gasteiger charge is 2.53. The van der Waals surface area contributed by atoms with Gasteiger partial charge in [-0.05, 0) is 51.4 Å². The Morgan fingerprint density at radius 1 is 1.07 bits per heavy atom. The number of hydrogen-bond acceptors (Lipinski definition) is 5. The lowest BCUT2D eigenvalue weighted by atomic mass is 9.83. The van der Waals surface area contributed by atoms with Gasteiger partial charge in [-0.25, -0.2) is 0 Å². The van der Waals surface area contributed by atoms with Crippen LogP contribution in [0.5, 0.6) is 0 Å². The molecule has 28 heavy (non-hydrogen) atoms. The molecule has 0 aromatic heterocycles. The Labute approximate surface area is 167 Å². The molecule has 0 radical (unpaired) electrons. The number of carbonyl (C=O) groups is 3. The number of nitrogens with zero attached hydrogens (tertiary/aromatic N) is 2. The van der Waals surface area contributed by atoms with Gasteiger partial charge >= 0.3 is 5.97 Å². The van der Waals surface area contributed by atoms with E-state index in [0.717, 1.165) is 25.7 Å². The second kappa shape index (κ2) is 8.80. The second-order valence-electron chi connectivity index (χ2n) is 8.42. The summed E-state index contributed by atoms with van der Waals surface area (Å²) >= 11 is 0. The Balaban J connectivity index is 1.67. The molecule has 1 saturated carbocycles. The molecule has 3 aliphatic rings. The van der Waals surface area contributed by atoms with E-state index >= 15 is 0 Å². The van der Waals surface area contributed by atoms with Crippen LogP contribution in [-0.4, -0.2) is 65.7 Å². The zero-order chi connectivity index (χ0) is 20.3. The summed E-state index contributed by atoms with van der Waals surface area (Å²) < 4.78 is 11.3. The smallest absolute Gasteiger partial charge is 0.309 e. The molecule has 3 fully saturated rings. The Morgan fingerprint density at radius 2 is 1.71 bits per heavy atom. The van der Waals surface area contributed by atoms with Gasteiger partial charge in [-0.2, -0.15) is 0 Å². The molecular formula is C21H34N2O5. The maximum Gasteiger partial charge on any atom is 0.309 e. The lowest BCUT2D eigenvalue weighted by Gasteiger charge is -2.43. The molecule has 2 amide bonds. The van der Waals surface area contributed by atoms with Crippen molar-refractivity contribution in [3.05, 3.63) is 0 Å². The molecule has 2 aliphatic heterocycles. The van der Waals surface area contributed by atoms with Gasteiger partial charge in [-0.15, -0.1) is 0 Å². The lowest BCUT2D eigenvalue weighted by Crippen LogP contribution is -2.58. The molecule has 1 spiro atoms. The number of esters is 1. The van der Waals surface area contributed by atoms with Gasteiger partial charge in [0, 0.05) is 19.5 Å². The largest absolute Gasteiger partial charge is 0.466 e. The highest BCUT2D eigenvalue weighted by molar-refractivity contribution is 5.89. The fourth-order valence-electron chi connectivity index (χ4n) is 4.82. The predicted molar refractivity (Wildman–Crippen MR) is 103 cm³/mol. The first-order valence-corrected chi connectivity index (χ1v) is 10.8. The van der Waals surface area contributed by atoms with Crippen molar-refractivity contribution in [1.29, 1.82) is 0 Å². The fraction of sp³-hybridized carbons (Fsp3) is 0.857. The van der Waals surface area contributed by atoms with Crippen LogP contribution in [0, 0.1) is 11.8 Å². The normalized spacial score (nSPS) is 31.2. The number of amides is 2. The molecule has 0 bridgehead atoms. The number of piperidine rings is 1. The fourth-order valence-corrected chi connectivity index (χ4v) is 4.82. The molecule has 1 atom stereocenters. The van der Waals surface area contributed by atoms with Crippen molar-refractivity contribution >= 4 is 17.8 Å². The molecule has 7 nitrogen and oxygen atoms in total. The van der Waals surface area contributed by atoms with Crippen LogP contribution in [0.3, 0.4) is 0 Å². The Kier molecular flexibility index (Phi) is 6.63.